The average Bonchev–Trinajstić information content (AvgIpc) is 2.39. The van der Waals surface area contributed by atoms with Gasteiger partial charge < -0.3 is 14.7 Å². The number of carbonyl (C=O) groups excluding carboxylic acids is 1. The minimum Gasteiger partial charge on any atom is -0.481 e. The van der Waals surface area contributed by atoms with Gasteiger partial charge in [-0.25, -0.2) is 0 Å². The monoisotopic (exact) mass is 279 g/mol. The topological polar surface area (TPSA) is 66.8 Å². The van der Waals surface area contributed by atoms with Gasteiger partial charge in [0.2, 0.25) is 5.91 Å². The number of ether oxygens (including phenoxy) is 1. The molecule has 0 unspecified atom stereocenters. The van der Waals surface area contributed by atoms with Gasteiger partial charge in [0.15, 0.2) is 0 Å². The molecule has 0 aliphatic rings. The van der Waals surface area contributed by atoms with Crippen LogP contribution in [0.2, 0.25) is 0 Å². The Bertz CT molecular complexity index is 431. The molecule has 1 aromatic carbocycles. The first kappa shape index (κ1) is 16.2. The van der Waals surface area contributed by atoms with E-state index >= 15 is 0 Å². The van der Waals surface area contributed by atoms with Gasteiger partial charge in [0.1, 0.15) is 6.61 Å². The molecule has 0 spiro atoms. The lowest BCUT2D eigenvalue weighted by Crippen LogP contribution is -2.40. The van der Waals surface area contributed by atoms with E-state index in [2.05, 4.69) is 0 Å². The zero-order valence-corrected chi connectivity index (χ0v) is 11.9. The van der Waals surface area contributed by atoms with E-state index in [0.717, 1.165) is 5.56 Å². The molecule has 0 saturated heterocycles. The fraction of sp³-hybridized carbons (Fsp3) is 0.467. The number of rotatable bonds is 8. The lowest BCUT2D eigenvalue weighted by atomic mass is 10.2. The van der Waals surface area contributed by atoms with Crippen LogP contribution in [0.4, 0.5) is 0 Å². The number of carboxylic acids is 1. The third kappa shape index (κ3) is 5.84. The van der Waals surface area contributed by atoms with Crippen molar-refractivity contribution in [2.24, 2.45) is 0 Å². The molecule has 0 fully saturated rings. The summed E-state index contributed by atoms with van der Waals surface area (Å²) in [5, 5.41) is 8.68. The van der Waals surface area contributed by atoms with Crippen LogP contribution in [-0.4, -0.2) is 41.1 Å². The Morgan fingerprint density at radius 1 is 1.25 bits per heavy atom. The minimum atomic E-state index is -0.909. The molecule has 110 valence electrons. The van der Waals surface area contributed by atoms with Crippen LogP contribution >= 0.6 is 0 Å². The molecule has 5 heteroatoms. The van der Waals surface area contributed by atoms with Crippen molar-refractivity contribution in [2.45, 2.75) is 32.9 Å². The SMILES string of the molecule is CC(C)N(CCC(=O)O)C(=O)COCc1ccccc1. The Morgan fingerprint density at radius 3 is 2.45 bits per heavy atom. The smallest absolute Gasteiger partial charge is 0.305 e. The van der Waals surface area contributed by atoms with E-state index in [1.54, 1.807) is 0 Å². The fourth-order valence-corrected chi connectivity index (χ4v) is 1.80. The van der Waals surface area contributed by atoms with Gasteiger partial charge in [-0.2, -0.15) is 0 Å². The molecule has 0 aromatic heterocycles. The zero-order valence-electron chi connectivity index (χ0n) is 11.9. The van der Waals surface area contributed by atoms with Crippen LogP contribution in [0.1, 0.15) is 25.8 Å². The quantitative estimate of drug-likeness (QED) is 0.789. The van der Waals surface area contributed by atoms with Crippen LogP contribution in [0, 0.1) is 0 Å². The number of hydrogen-bond donors (Lipinski definition) is 1. The van der Waals surface area contributed by atoms with Crippen LogP contribution < -0.4 is 0 Å². The fourth-order valence-electron chi connectivity index (χ4n) is 1.80. The Morgan fingerprint density at radius 2 is 1.90 bits per heavy atom. The maximum Gasteiger partial charge on any atom is 0.305 e. The van der Waals surface area contributed by atoms with Crippen LogP contribution in [0.15, 0.2) is 30.3 Å². The summed E-state index contributed by atoms with van der Waals surface area (Å²) < 4.78 is 5.38. The number of benzene rings is 1. The van der Waals surface area contributed by atoms with Crippen molar-refractivity contribution < 1.29 is 19.4 Å². The van der Waals surface area contributed by atoms with Crippen LogP contribution in [0.3, 0.4) is 0 Å². The van der Waals surface area contributed by atoms with E-state index in [9.17, 15) is 9.59 Å². The van der Waals surface area contributed by atoms with Crippen molar-refractivity contribution in [1.29, 1.82) is 0 Å². The van der Waals surface area contributed by atoms with Gasteiger partial charge in [-0.1, -0.05) is 30.3 Å². The van der Waals surface area contributed by atoms with E-state index in [1.807, 2.05) is 44.2 Å². The summed E-state index contributed by atoms with van der Waals surface area (Å²) in [6.07, 6.45) is -0.0530. The summed E-state index contributed by atoms with van der Waals surface area (Å²) in [5.41, 5.74) is 1.00. The molecular weight excluding hydrogens is 258 g/mol. The Balaban J connectivity index is 2.40. The molecule has 0 bridgehead atoms. The Hall–Kier alpha value is -1.88. The van der Waals surface area contributed by atoms with Crippen molar-refractivity contribution >= 4 is 11.9 Å². The molecule has 0 aliphatic carbocycles. The third-order valence-electron chi connectivity index (χ3n) is 2.85. The van der Waals surface area contributed by atoms with Crippen LogP contribution in [0.25, 0.3) is 0 Å². The van der Waals surface area contributed by atoms with Gasteiger partial charge in [-0.15, -0.1) is 0 Å². The van der Waals surface area contributed by atoms with Crippen LogP contribution in [0.5, 0.6) is 0 Å². The third-order valence-corrected chi connectivity index (χ3v) is 2.85. The van der Waals surface area contributed by atoms with Crippen molar-refractivity contribution in [2.75, 3.05) is 13.2 Å². The van der Waals surface area contributed by atoms with Gasteiger partial charge in [0, 0.05) is 12.6 Å². The van der Waals surface area contributed by atoms with Crippen molar-refractivity contribution in [3.8, 4) is 0 Å². The summed E-state index contributed by atoms with van der Waals surface area (Å²) in [6, 6.07) is 9.55. The second-order valence-electron chi connectivity index (χ2n) is 4.80. The standard InChI is InChI=1S/C15H21NO4/c1-12(2)16(9-8-15(18)19)14(17)11-20-10-13-6-4-3-5-7-13/h3-7,12H,8-11H2,1-2H3,(H,18,19). The molecule has 20 heavy (non-hydrogen) atoms. The number of carbonyl (C=O) groups is 2. The molecule has 1 N–H and O–H groups in total. The van der Waals surface area contributed by atoms with E-state index in [-0.39, 0.29) is 31.5 Å². The predicted octanol–water partition coefficient (Wildman–Crippen LogP) is 1.91. The Labute approximate surface area is 119 Å². The summed E-state index contributed by atoms with van der Waals surface area (Å²) >= 11 is 0. The highest BCUT2D eigenvalue weighted by molar-refractivity contribution is 5.78. The lowest BCUT2D eigenvalue weighted by molar-refractivity contribution is -0.141. The van der Waals surface area contributed by atoms with Crippen LogP contribution in [-0.2, 0) is 20.9 Å². The predicted molar refractivity (Wildman–Crippen MR) is 75.2 cm³/mol. The second-order valence-corrected chi connectivity index (χ2v) is 4.80. The molecule has 5 nitrogen and oxygen atoms in total. The first-order chi connectivity index (χ1) is 9.50. The van der Waals surface area contributed by atoms with Gasteiger partial charge in [-0.3, -0.25) is 9.59 Å². The minimum absolute atomic E-state index is 0.0350. The van der Waals surface area contributed by atoms with Gasteiger partial charge >= 0.3 is 5.97 Å². The maximum absolute atomic E-state index is 12.0. The highest BCUT2D eigenvalue weighted by Crippen LogP contribution is 2.04. The van der Waals surface area contributed by atoms with Crippen molar-refractivity contribution in [3.05, 3.63) is 35.9 Å². The summed E-state index contributed by atoms with van der Waals surface area (Å²) in [6.45, 7) is 4.26. The highest BCUT2D eigenvalue weighted by atomic mass is 16.5. The first-order valence-electron chi connectivity index (χ1n) is 6.63. The molecule has 1 aromatic rings. The summed E-state index contributed by atoms with van der Waals surface area (Å²) in [5.74, 6) is -1.09. The van der Waals surface area contributed by atoms with Crippen molar-refractivity contribution in [1.82, 2.24) is 4.90 Å². The molecule has 0 atom stereocenters. The molecule has 0 radical (unpaired) electrons. The lowest BCUT2D eigenvalue weighted by Gasteiger charge is -2.26. The molecular formula is C15H21NO4. The van der Waals surface area contributed by atoms with E-state index in [0.29, 0.717) is 6.61 Å². The van der Waals surface area contributed by atoms with Gasteiger partial charge in [-0.05, 0) is 19.4 Å². The second kappa shape index (κ2) is 8.32. The Kier molecular flexibility index (Phi) is 6.73. The summed E-state index contributed by atoms with van der Waals surface area (Å²) in [7, 11) is 0. The molecule has 0 heterocycles. The number of nitrogens with zero attached hydrogens (tertiary/aromatic N) is 1. The molecule has 1 amide bonds. The highest BCUT2D eigenvalue weighted by Gasteiger charge is 2.17. The number of hydrogen-bond acceptors (Lipinski definition) is 3. The maximum atomic E-state index is 12.0. The molecule has 0 saturated carbocycles. The zero-order chi connectivity index (χ0) is 15.0. The largest absolute Gasteiger partial charge is 0.481 e. The van der Waals surface area contributed by atoms with Crippen molar-refractivity contribution in [3.63, 3.8) is 0 Å². The van der Waals surface area contributed by atoms with E-state index in [4.69, 9.17) is 9.84 Å². The van der Waals surface area contributed by atoms with E-state index < -0.39 is 5.97 Å². The molecule has 1 rings (SSSR count). The molecule has 0 aliphatic heterocycles. The summed E-state index contributed by atoms with van der Waals surface area (Å²) in [4.78, 5) is 24.1. The number of amides is 1. The van der Waals surface area contributed by atoms with E-state index in [1.165, 1.54) is 4.90 Å². The van der Waals surface area contributed by atoms with Gasteiger partial charge in [0.25, 0.3) is 0 Å². The number of carboxylic acid groups (broad SMARTS) is 1. The van der Waals surface area contributed by atoms with Gasteiger partial charge in [0.05, 0.1) is 13.0 Å². The normalized spacial score (nSPS) is 10.6. The first-order valence-corrected chi connectivity index (χ1v) is 6.63. The number of aliphatic carboxylic acids is 1. The average molecular weight is 279 g/mol.